The average molecular weight is 484 g/mol. The van der Waals surface area contributed by atoms with Crippen LogP contribution in [0.1, 0.15) is 43.4 Å². The first-order valence-electron chi connectivity index (χ1n) is 11.7. The second-order valence-electron chi connectivity index (χ2n) is 8.56. The molecule has 2 heterocycles. The maximum absolute atomic E-state index is 13.4. The molecule has 1 amide bonds. The molecule has 0 aliphatic carbocycles. The van der Waals surface area contributed by atoms with E-state index in [2.05, 4.69) is 4.90 Å². The van der Waals surface area contributed by atoms with Gasteiger partial charge in [0.05, 0.1) is 37.9 Å². The molecule has 0 N–H and O–H groups in total. The fourth-order valence-electron chi connectivity index (χ4n) is 4.58. The number of piperidine rings is 1. The van der Waals surface area contributed by atoms with E-state index in [4.69, 9.17) is 26.2 Å². The number of rotatable bonds is 7. The molecule has 2 aromatic rings. The molecule has 0 aromatic heterocycles. The summed E-state index contributed by atoms with van der Waals surface area (Å²) < 4.78 is 10.7. The summed E-state index contributed by atoms with van der Waals surface area (Å²) in [4.78, 5) is 27.6. The van der Waals surface area contributed by atoms with Crippen molar-refractivity contribution in [2.75, 3.05) is 33.4 Å². The molecular weight excluding hydrogens is 454 g/mol. The van der Waals surface area contributed by atoms with Gasteiger partial charge in [0, 0.05) is 17.0 Å². The molecular formula is C26H30ClN3O4. The van der Waals surface area contributed by atoms with Gasteiger partial charge in [-0.05, 0) is 62.7 Å². The number of hydrogen-bond acceptors (Lipinski definition) is 6. The number of amides is 1. The summed E-state index contributed by atoms with van der Waals surface area (Å²) in [5, 5.41) is 7.01. The summed E-state index contributed by atoms with van der Waals surface area (Å²) in [6, 6.07) is 15.0. The van der Waals surface area contributed by atoms with Crippen LogP contribution in [0.5, 0.6) is 5.75 Å². The second-order valence-corrected chi connectivity index (χ2v) is 9.00. The van der Waals surface area contributed by atoms with Gasteiger partial charge in [0.1, 0.15) is 5.75 Å². The Labute approximate surface area is 205 Å². The van der Waals surface area contributed by atoms with Crippen LogP contribution in [-0.2, 0) is 14.3 Å². The third kappa shape index (κ3) is 5.42. The fraction of sp³-hybridized carbons (Fsp3) is 0.423. The number of para-hydroxylation sites is 1. The minimum atomic E-state index is -0.221. The lowest BCUT2D eigenvalue weighted by Gasteiger charge is -2.31. The Bertz CT molecular complexity index is 1050. The lowest BCUT2D eigenvalue weighted by molar-refractivity contribution is -0.149. The van der Waals surface area contributed by atoms with Crippen LogP contribution < -0.4 is 4.74 Å². The zero-order valence-corrected chi connectivity index (χ0v) is 20.3. The van der Waals surface area contributed by atoms with Crippen LogP contribution in [0.15, 0.2) is 53.6 Å². The van der Waals surface area contributed by atoms with Crippen molar-refractivity contribution in [2.24, 2.45) is 11.0 Å². The van der Waals surface area contributed by atoms with E-state index in [1.165, 1.54) is 0 Å². The highest BCUT2D eigenvalue weighted by Gasteiger charge is 2.35. The molecule has 2 aromatic carbocycles. The zero-order chi connectivity index (χ0) is 24.1. The molecule has 0 spiro atoms. The Morgan fingerprint density at radius 2 is 1.79 bits per heavy atom. The van der Waals surface area contributed by atoms with Crippen LogP contribution in [0.3, 0.4) is 0 Å². The highest BCUT2D eigenvalue weighted by Crippen LogP contribution is 2.35. The third-order valence-corrected chi connectivity index (χ3v) is 6.66. The first-order valence-corrected chi connectivity index (χ1v) is 12.0. The molecule has 1 saturated heterocycles. The van der Waals surface area contributed by atoms with Crippen molar-refractivity contribution in [1.29, 1.82) is 0 Å². The molecule has 1 unspecified atom stereocenters. The van der Waals surface area contributed by atoms with Gasteiger partial charge in [0.15, 0.2) is 0 Å². The van der Waals surface area contributed by atoms with E-state index in [1.54, 1.807) is 12.1 Å². The number of benzene rings is 2. The van der Waals surface area contributed by atoms with Crippen LogP contribution in [0.4, 0.5) is 0 Å². The topological polar surface area (TPSA) is 71.4 Å². The van der Waals surface area contributed by atoms with Gasteiger partial charge in [-0.25, -0.2) is 5.01 Å². The molecule has 34 heavy (non-hydrogen) atoms. The number of likely N-dealkylation sites (tertiary alicyclic amines) is 1. The summed E-state index contributed by atoms with van der Waals surface area (Å²) in [5.41, 5.74) is 2.67. The van der Waals surface area contributed by atoms with E-state index in [1.807, 2.05) is 55.5 Å². The SMILES string of the molecule is CCOC(=O)C1CCN(CC(=O)N2N=C(c3ccccc3OC)CC2c2ccc(Cl)cc2)CC1. The summed E-state index contributed by atoms with van der Waals surface area (Å²) in [6.45, 7) is 3.82. The van der Waals surface area contributed by atoms with Crippen molar-refractivity contribution in [2.45, 2.75) is 32.2 Å². The van der Waals surface area contributed by atoms with Crippen molar-refractivity contribution in [3.8, 4) is 5.75 Å². The average Bonchev–Trinajstić information content (AvgIpc) is 3.30. The number of halogens is 1. The van der Waals surface area contributed by atoms with Gasteiger partial charge in [0.2, 0.25) is 0 Å². The van der Waals surface area contributed by atoms with Crippen molar-refractivity contribution in [3.63, 3.8) is 0 Å². The summed E-state index contributed by atoms with van der Waals surface area (Å²) in [7, 11) is 1.63. The number of nitrogens with zero attached hydrogens (tertiary/aromatic N) is 3. The quantitative estimate of drug-likeness (QED) is 0.549. The third-order valence-electron chi connectivity index (χ3n) is 6.40. The maximum Gasteiger partial charge on any atom is 0.309 e. The normalized spacial score (nSPS) is 19.1. The van der Waals surface area contributed by atoms with Gasteiger partial charge in [-0.15, -0.1) is 0 Å². The highest BCUT2D eigenvalue weighted by molar-refractivity contribution is 6.30. The number of hydrazone groups is 1. The summed E-state index contributed by atoms with van der Waals surface area (Å²) in [6.07, 6.45) is 1.98. The maximum atomic E-state index is 13.4. The smallest absolute Gasteiger partial charge is 0.309 e. The van der Waals surface area contributed by atoms with E-state index in [9.17, 15) is 9.59 Å². The van der Waals surface area contributed by atoms with Gasteiger partial charge in [-0.1, -0.05) is 35.9 Å². The van der Waals surface area contributed by atoms with Crippen molar-refractivity contribution in [3.05, 3.63) is 64.7 Å². The molecule has 0 saturated carbocycles. The fourth-order valence-corrected chi connectivity index (χ4v) is 4.71. The molecule has 4 rings (SSSR count). The largest absolute Gasteiger partial charge is 0.496 e. The van der Waals surface area contributed by atoms with Crippen LogP contribution in [0.25, 0.3) is 0 Å². The van der Waals surface area contributed by atoms with E-state index in [0.29, 0.717) is 44.0 Å². The monoisotopic (exact) mass is 483 g/mol. The summed E-state index contributed by atoms with van der Waals surface area (Å²) >= 11 is 6.10. The van der Waals surface area contributed by atoms with Crippen LogP contribution >= 0.6 is 11.6 Å². The molecule has 180 valence electrons. The number of carbonyl (C=O) groups is 2. The van der Waals surface area contributed by atoms with Gasteiger partial charge < -0.3 is 9.47 Å². The van der Waals surface area contributed by atoms with E-state index >= 15 is 0 Å². The lowest BCUT2D eigenvalue weighted by atomic mass is 9.96. The number of methoxy groups -OCH3 is 1. The van der Waals surface area contributed by atoms with Gasteiger partial charge in [0.25, 0.3) is 5.91 Å². The van der Waals surface area contributed by atoms with Crippen LogP contribution in [0.2, 0.25) is 5.02 Å². The number of hydrogen-bond donors (Lipinski definition) is 0. The molecule has 1 atom stereocenters. The highest BCUT2D eigenvalue weighted by atomic mass is 35.5. The molecule has 1 fully saturated rings. The zero-order valence-electron chi connectivity index (χ0n) is 19.6. The minimum absolute atomic E-state index is 0.0700. The Kier molecular flexibility index (Phi) is 7.85. The second kappa shape index (κ2) is 11.0. The summed E-state index contributed by atoms with van der Waals surface area (Å²) in [5.74, 6) is 0.433. The molecule has 0 radical (unpaired) electrons. The lowest BCUT2D eigenvalue weighted by Crippen LogP contribution is -2.43. The van der Waals surface area contributed by atoms with Gasteiger partial charge in [-0.3, -0.25) is 14.5 Å². The Morgan fingerprint density at radius 1 is 1.09 bits per heavy atom. The molecule has 2 aliphatic heterocycles. The molecule has 8 heteroatoms. The molecule has 7 nitrogen and oxygen atoms in total. The predicted molar refractivity (Wildman–Crippen MR) is 131 cm³/mol. The Morgan fingerprint density at radius 3 is 2.47 bits per heavy atom. The standard InChI is InChI=1S/C26H30ClN3O4/c1-3-34-26(32)19-12-14-29(15-13-19)17-25(31)30-23(18-8-10-20(27)11-9-18)16-22(28-30)21-6-4-5-7-24(21)33-2/h4-11,19,23H,3,12-17H2,1-2H3. The number of ether oxygens (including phenoxy) is 2. The predicted octanol–water partition coefficient (Wildman–Crippen LogP) is 4.30. The van der Waals surface area contributed by atoms with E-state index < -0.39 is 0 Å². The number of carbonyl (C=O) groups excluding carboxylic acids is 2. The van der Waals surface area contributed by atoms with Gasteiger partial charge in [-0.2, -0.15) is 5.10 Å². The molecule has 0 bridgehead atoms. The Hall–Kier alpha value is -2.90. The Balaban J connectivity index is 1.51. The van der Waals surface area contributed by atoms with Crippen LogP contribution in [0, 0.1) is 5.92 Å². The van der Waals surface area contributed by atoms with E-state index in [0.717, 1.165) is 22.6 Å². The van der Waals surface area contributed by atoms with E-state index in [-0.39, 0.29) is 30.4 Å². The first kappa shape index (κ1) is 24.2. The minimum Gasteiger partial charge on any atom is -0.496 e. The van der Waals surface area contributed by atoms with Gasteiger partial charge >= 0.3 is 5.97 Å². The van der Waals surface area contributed by atoms with Crippen molar-refractivity contribution < 1.29 is 19.1 Å². The number of esters is 1. The molecule has 2 aliphatic rings. The van der Waals surface area contributed by atoms with Crippen molar-refractivity contribution >= 4 is 29.2 Å². The first-order chi connectivity index (χ1) is 16.5. The van der Waals surface area contributed by atoms with Crippen LogP contribution in [-0.4, -0.2) is 60.8 Å². The van der Waals surface area contributed by atoms with Crippen molar-refractivity contribution in [1.82, 2.24) is 9.91 Å².